The van der Waals surface area contributed by atoms with Crippen LogP contribution in [0.1, 0.15) is 42.9 Å². The molecule has 3 heterocycles. The standard InChI is InChI=1S/C21H22ClN7S.C4H6O4/c22-17-15(5-8-25-19(17)24)30-16-12-26-20(28-27-16)29-9-6-21(7-10-29)11-13-3-1-2-4-14(13)18(21)23;5-3(6)1-2-4(7)8/h1-5,8,12,18H,6-7,9-11,23H2,(H2,24,25);1-2H2,(H,5,6)(H,7,8). The molecular formula is C25H28ClN7O4S. The van der Waals surface area contributed by atoms with Gasteiger partial charge in [-0.3, -0.25) is 9.59 Å². The molecule has 1 fully saturated rings. The zero-order valence-electron chi connectivity index (χ0n) is 20.5. The molecule has 200 valence electrons. The number of benzene rings is 1. The number of aliphatic carboxylic acids is 2. The molecule has 11 nitrogen and oxygen atoms in total. The molecular weight excluding hydrogens is 530 g/mol. The number of halogens is 1. The molecule has 0 saturated carbocycles. The van der Waals surface area contributed by atoms with Crippen LogP contribution >= 0.6 is 23.4 Å². The van der Waals surface area contributed by atoms with E-state index in [1.165, 1.54) is 22.9 Å². The maximum absolute atomic E-state index is 9.64. The number of anilines is 2. The Bertz CT molecular complexity index is 1290. The first-order chi connectivity index (χ1) is 18.2. The van der Waals surface area contributed by atoms with Gasteiger partial charge in [0.25, 0.3) is 0 Å². The minimum atomic E-state index is -1.08. The first kappa shape index (κ1) is 27.6. The Hall–Kier alpha value is -3.48. The highest BCUT2D eigenvalue weighted by atomic mass is 35.5. The number of nitrogens with two attached hydrogens (primary N) is 2. The Morgan fingerprint density at radius 1 is 1.08 bits per heavy atom. The van der Waals surface area contributed by atoms with Crippen molar-refractivity contribution in [3.05, 3.63) is 58.9 Å². The van der Waals surface area contributed by atoms with E-state index in [0.29, 0.717) is 21.8 Å². The third kappa shape index (κ3) is 6.32. The van der Waals surface area contributed by atoms with Crippen molar-refractivity contribution in [3.8, 4) is 0 Å². The van der Waals surface area contributed by atoms with Crippen LogP contribution in [0, 0.1) is 5.41 Å². The Morgan fingerprint density at radius 2 is 1.76 bits per heavy atom. The molecule has 5 rings (SSSR count). The summed E-state index contributed by atoms with van der Waals surface area (Å²) in [6, 6.07) is 10.5. The van der Waals surface area contributed by atoms with Crippen molar-refractivity contribution in [2.45, 2.75) is 48.1 Å². The largest absolute Gasteiger partial charge is 0.481 e. The van der Waals surface area contributed by atoms with Gasteiger partial charge in [0, 0.05) is 30.2 Å². The van der Waals surface area contributed by atoms with E-state index in [1.807, 2.05) is 0 Å². The van der Waals surface area contributed by atoms with Crippen molar-refractivity contribution in [2.24, 2.45) is 11.1 Å². The topological polar surface area (TPSA) is 181 Å². The fraction of sp³-hybridized carbons (Fsp3) is 0.360. The Kier molecular flexibility index (Phi) is 8.65. The molecule has 0 amide bonds. The molecule has 6 N–H and O–H groups in total. The Labute approximate surface area is 228 Å². The number of hydrogen-bond donors (Lipinski definition) is 4. The van der Waals surface area contributed by atoms with Gasteiger partial charge < -0.3 is 26.6 Å². The van der Waals surface area contributed by atoms with E-state index in [4.69, 9.17) is 33.3 Å². The van der Waals surface area contributed by atoms with Crippen molar-refractivity contribution < 1.29 is 19.8 Å². The van der Waals surface area contributed by atoms with Crippen molar-refractivity contribution in [1.29, 1.82) is 0 Å². The summed E-state index contributed by atoms with van der Waals surface area (Å²) in [5, 5.41) is 25.5. The minimum absolute atomic E-state index is 0.103. The Morgan fingerprint density at radius 3 is 2.37 bits per heavy atom. The van der Waals surface area contributed by atoms with Crippen LogP contribution in [0.5, 0.6) is 0 Å². The second-order valence-corrected chi connectivity index (χ2v) is 10.6. The summed E-state index contributed by atoms with van der Waals surface area (Å²) < 4.78 is 0. The maximum atomic E-state index is 9.64. The summed E-state index contributed by atoms with van der Waals surface area (Å²) in [6.45, 7) is 1.76. The second-order valence-electron chi connectivity index (χ2n) is 9.20. The van der Waals surface area contributed by atoms with Gasteiger partial charge in [-0.1, -0.05) is 47.6 Å². The lowest BCUT2D eigenvalue weighted by Gasteiger charge is -2.42. The highest BCUT2D eigenvalue weighted by molar-refractivity contribution is 7.99. The predicted octanol–water partition coefficient (Wildman–Crippen LogP) is 3.43. The van der Waals surface area contributed by atoms with Crippen LogP contribution < -0.4 is 16.4 Å². The number of nitrogen functional groups attached to an aromatic ring is 1. The van der Waals surface area contributed by atoms with Crippen LogP contribution in [0.2, 0.25) is 5.02 Å². The number of carbonyl (C=O) groups is 2. The van der Waals surface area contributed by atoms with Crippen LogP contribution in [-0.2, 0) is 16.0 Å². The average Bonchev–Trinajstić information content (AvgIpc) is 3.18. The smallest absolute Gasteiger partial charge is 0.303 e. The molecule has 1 aromatic carbocycles. The summed E-state index contributed by atoms with van der Waals surface area (Å²) in [7, 11) is 0. The number of aromatic nitrogens is 4. The van der Waals surface area contributed by atoms with Crippen molar-refractivity contribution >= 4 is 47.1 Å². The quantitative estimate of drug-likeness (QED) is 0.347. The molecule has 2 aromatic heterocycles. The van der Waals surface area contributed by atoms with Gasteiger partial charge in [0.2, 0.25) is 5.95 Å². The van der Waals surface area contributed by atoms with Gasteiger partial charge in [-0.15, -0.1) is 10.2 Å². The molecule has 1 aliphatic heterocycles. The minimum Gasteiger partial charge on any atom is -0.481 e. The predicted molar refractivity (Wildman–Crippen MR) is 143 cm³/mol. The zero-order chi connectivity index (χ0) is 27.3. The lowest BCUT2D eigenvalue weighted by Crippen LogP contribution is -2.45. The molecule has 0 radical (unpaired) electrons. The molecule has 13 heteroatoms. The number of nitrogens with zero attached hydrogens (tertiary/aromatic N) is 5. The fourth-order valence-electron chi connectivity index (χ4n) is 4.75. The van der Waals surface area contributed by atoms with E-state index in [9.17, 15) is 9.59 Å². The summed E-state index contributed by atoms with van der Waals surface area (Å²) >= 11 is 7.57. The molecule has 1 unspecified atom stereocenters. The molecule has 3 aromatic rings. The number of hydrogen-bond acceptors (Lipinski definition) is 10. The molecule has 1 aliphatic carbocycles. The third-order valence-corrected chi connectivity index (χ3v) is 8.28. The van der Waals surface area contributed by atoms with E-state index >= 15 is 0 Å². The number of carboxylic acids is 2. The molecule has 2 aliphatic rings. The lowest BCUT2D eigenvalue weighted by atomic mass is 9.73. The Balaban J connectivity index is 0.000000368. The van der Waals surface area contributed by atoms with Crippen molar-refractivity contribution in [1.82, 2.24) is 20.2 Å². The lowest BCUT2D eigenvalue weighted by molar-refractivity contribution is -0.143. The molecule has 1 saturated heterocycles. The van der Waals surface area contributed by atoms with E-state index < -0.39 is 11.9 Å². The number of fused-ring (bicyclic) bond motifs is 1. The maximum Gasteiger partial charge on any atom is 0.303 e. The van der Waals surface area contributed by atoms with Gasteiger partial charge in [-0.2, -0.15) is 0 Å². The first-order valence-corrected chi connectivity index (χ1v) is 13.2. The van der Waals surface area contributed by atoms with E-state index in [-0.39, 0.29) is 24.3 Å². The van der Waals surface area contributed by atoms with Gasteiger partial charge in [0.05, 0.1) is 24.1 Å². The molecule has 0 bridgehead atoms. The van der Waals surface area contributed by atoms with Crippen LogP contribution in [0.15, 0.2) is 52.6 Å². The van der Waals surface area contributed by atoms with Gasteiger partial charge in [0.1, 0.15) is 10.8 Å². The monoisotopic (exact) mass is 557 g/mol. The van der Waals surface area contributed by atoms with Crippen molar-refractivity contribution in [2.75, 3.05) is 23.7 Å². The number of pyridine rings is 1. The van der Waals surface area contributed by atoms with Gasteiger partial charge >= 0.3 is 11.9 Å². The van der Waals surface area contributed by atoms with Crippen LogP contribution in [0.4, 0.5) is 11.8 Å². The highest BCUT2D eigenvalue weighted by Gasteiger charge is 2.46. The fourth-order valence-corrected chi connectivity index (χ4v) is 5.72. The normalized spacial score (nSPS) is 17.4. The van der Waals surface area contributed by atoms with Gasteiger partial charge in [0.15, 0.2) is 0 Å². The first-order valence-electron chi connectivity index (χ1n) is 12.0. The molecule has 1 spiro atoms. The van der Waals surface area contributed by atoms with Crippen LogP contribution in [0.3, 0.4) is 0 Å². The molecule has 38 heavy (non-hydrogen) atoms. The van der Waals surface area contributed by atoms with Gasteiger partial charge in [-0.05, 0) is 41.9 Å². The second kappa shape index (κ2) is 11.9. The van der Waals surface area contributed by atoms with Gasteiger partial charge in [-0.25, -0.2) is 9.97 Å². The number of carboxylic acid groups (broad SMARTS) is 2. The number of rotatable bonds is 6. The SMILES string of the molecule is Nc1nccc(Sc2cnc(N3CCC4(CC3)Cc3ccccc3C4N)nn2)c1Cl.O=C(O)CCC(=O)O. The molecule has 1 atom stereocenters. The van der Waals surface area contributed by atoms with E-state index in [2.05, 4.69) is 49.3 Å². The summed E-state index contributed by atoms with van der Waals surface area (Å²) in [5.41, 5.74) is 15.3. The summed E-state index contributed by atoms with van der Waals surface area (Å²) in [4.78, 5) is 30.8. The van der Waals surface area contributed by atoms with Crippen LogP contribution in [-0.4, -0.2) is 55.4 Å². The van der Waals surface area contributed by atoms with Crippen LogP contribution in [0.25, 0.3) is 0 Å². The average molecular weight is 558 g/mol. The zero-order valence-corrected chi connectivity index (χ0v) is 22.0. The third-order valence-electron chi connectivity index (χ3n) is 6.81. The van der Waals surface area contributed by atoms with Crippen molar-refractivity contribution in [3.63, 3.8) is 0 Å². The summed E-state index contributed by atoms with van der Waals surface area (Å²) in [6.07, 6.45) is 5.85. The van der Waals surface area contributed by atoms with E-state index in [0.717, 1.165) is 37.2 Å². The van der Waals surface area contributed by atoms with E-state index in [1.54, 1.807) is 18.5 Å². The summed E-state index contributed by atoms with van der Waals surface area (Å²) in [5.74, 6) is -1.20. The number of piperidine rings is 1. The highest BCUT2D eigenvalue weighted by Crippen LogP contribution is 2.50.